The molecule has 0 amide bonds. The number of nitrogens with zero attached hydrogens (tertiary/aromatic N) is 1. The van der Waals surface area contributed by atoms with Crippen LogP contribution < -0.4 is 0 Å². The summed E-state index contributed by atoms with van der Waals surface area (Å²) in [7, 11) is 4.00. The summed E-state index contributed by atoms with van der Waals surface area (Å²) in [6.07, 6.45) is 5.87. The minimum Gasteiger partial charge on any atom is -0.459 e. The van der Waals surface area contributed by atoms with Crippen LogP contribution in [0.1, 0.15) is 25.7 Å². The van der Waals surface area contributed by atoms with Gasteiger partial charge in [0.2, 0.25) is 0 Å². The van der Waals surface area contributed by atoms with Crippen molar-refractivity contribution in [3.05, 3.63) is 7.05 Å². The largest absolute Gasteiger partial charge is 0.459 e. The zero-order valence-corrected chi connectivity index (χ0v) is 6.55. The van der Waals surface area contributed by atoms with E-state index in [1.54, 1.807) is 0 Å². The average molecular weight is 138 g/mol. The highest BCUT2D eigenvalue weighted by atomic mass is 15.1. The van der Waals surface area contributed by atoms with Crippen LogP contribution in [0.15, 0.2) is 0 Å². The van der Waals surface area contributed by atoms with Crippen molar-refractivity contribution in [1.29, 1.82) is 0 Å². The van der Waals surface area contributed by atoms with E-state index in [-0.39, 0.29) is 0 Å². The molecule has 1 aliphatic heterocycles. The zero-order chi connectivity index (χ0) is 6.97. The Morgan fingerprint density at radius 2 is 1.50 bits per heavy atom. The highest BCUT2D eigenvalue weighted by Gasteiger charge is 2.29. The maximum absolute atomic E-state index is 4.00. The van der Waals surface area contributed by atoms with Crippen molar-refractivity contribution in [1.82, 2.24) is 4.90 Å². The zero-order valence-electron chi connectivity index (χ0n) is 6.55. The highest BCUT2D eigenvalue weighted by Crippen LogP contribution is 2.35. The summed E-state index contributed by atoms with van der Waals surface area (Å²) in [6, 6.07) is 0. The molecular weight excluding hydrogens is 122 g/mol. The van der Waals surface area contributed by atoms with Crippen LogP contribution in [0.5, 0.6) is 0 Å². The predicted octanol–water partition coefficient (Wildman–Crippen LogP) is 1.90. The molecule has 1 saturated carbocycles. The quantitative estimate of drug-likeness (QED) is 0.462. The molecule has 1 nitrogen and oxygen atoms in total. The van der Waals surface area contributed by atoms with Crippen LogP contribution in [0.2, 0.25) is 0 Å². The standard InChI is InChI=1S/C9H16N/c1-10-6-8-4-2-3-5-9(8)7-10/h8-9H,1-7H2/q-1. The Morgan fingerprint density at radius 1 is 1.00 bits per heavy atom. The fourth-order valence-electron chi connectivity index (χ4n) is 2.50. The minimum atomic E-state index is 1.01. The van der Waals surface area contributed by atoms with Gasteiger partial charge in [0.1, 0.15) is 0 Å². The predicted molar refractivity (Wildman–Crippen MR) is 42.4 cm³/mol. The first-order valence-electron chi connectivity index (χ1n) is 4.42. The number of rotatable bonds is 0. The van der Waals surface area contributed by atoms with Gasteiger partial charge in [-0.1, -0.05) is 12.8 Å². The lowest BCUT2D eigenvalue weighted by atomic mass is 9.82. The van der Waals surface area contributed by atoms with Crippen LogP contribution in [0.3, 0.4) is 0 Å². The first kappa shape index (κ1) is 6.66. The molecule has 2 aliphatic rings. The summed E-state index contributed by atoms with van der Waals surface area (Å²) in [5.74, 6) is 2.01. The van der Waals surface area contributed by atoms with Gasteiger partial charge < -0.3 is 4.90 Å². The molecule has 2 unspecified atom stereocenters. The smallest absolute Gasteiger partial charge is 0.0271 e. The minimum absolute atomic E-state index is 1.01. The summed E-state index contributed by atoms with van der Waals surface area (Å²) >= 11 is 0. The Kier molecular flexibility index (Phi) is 1.69. The van der Waals surface area contributed by atoms with Gasteiger partial charge in [0, 0.05) is 0 Å². The van der Waals surface area contributed by atoms with Crippen LogP contribution in [-0.2, 0) is 0 Å². The summed E-state index contributed by atoms with van der Waals surface area (Å²) in [4.78, 5) is 2.25. The third kappa shape index (κ3) is 1.07. The molecule has 0 N–H and O–H groups in total. The normalized spacial score (nSPS) is 41.7. The number of hydrogen-bond donors (Lipinski definition) is 0. The fraction of sp³-hybridized carbons (Fsp3) is 0.889. The highest BCUT2D eigenvalue weighted by molar-refractivity contribution is 4.86. The molecule has 0 aromatic carbocycles. The van der Waals surface area contributed by atoms with E-state index >= 15 is 0 Å². The molecule has 2 rings (SSSR count). The van der Waals surface area contributed by atoms with Crippen LogP contribution in [0.25, 0.3) is 0 Å². The first-order chi connectivity index (χ1) is 4.86. The SMILES string of the molecule is [CH2-]N1CC2CCCCC2C1. The van der Waals surface area contributed by atoms with E-state index < -0.39 is 0 Å². The fourth-order valence-corrected chi connectivity index (χ4v) is 2.50. The number of hydrogen-bond acceptors (Lipinski definition) is 1. The Hall–Kier alpha value is -0.0400. The van der Waals surface area contributed by atoms with Gasteiger partial charge in [-0.05, 0) is 37.8 Å². The monoisotopic (exact) mass is 138 g/mol. The second-order valence-corrected chi connectivity index (χ2v) is 3.84. The molecular formula is C9H16N-. The van der Waals surface area contributed by atoms with E-state index in [0.717, 1.165) is 11.8 Å². The van der Waals surface area contributed by atoms with Crippen molar-refractivity contribution in [3.8, 4) is 0 Å². The van der Waals surface area contributed by atoms with E-state index in [0.29, 0.717) is 0 Å². The molecule has 1 heterocycles. The number of likely N-dealkylation sites (tertiary alicyclic amines) is 1. The lowest BCUT2D eigenvalue weighted by Crippen LogP contribution is -2.16. The molecule has 58 valence electrons. The van der Waals surface area contributed by atoms with Crippen LogP contribution >= 0.6 is 0 Å². The van der Waals surface area contributed by atoms with Crippen LogP contribution in [0, 0.1) is 18.9 Å². The number of fused-ring (bicyclic) bond motifs is 1. The van der Waals surface area contributed by atoms with Gasteiger partial charge in [-0.15, -0.1) is 0 Å². The molecule has 2 fully saturated rings. The lowest BCUT2D eigenvalue weighted by Gasteiger charge is -2.23. The summed E-state index contributed by atoms with van der Waals surface area (Å²) < 4.78 is 0. The second-order valence-electron chi connectivity index (χ2n) is 3.84. The van der Waals surface area contributed by atoms with Crippen LogP contribution in [0.4, 0.5) is 0 Å². The topological polar surface area (TPSA) is 3.24 Å². The molecule has 10 heavy (non-hydrogen) atoms. The van der Waals surface area contributed by atoms with Crippen molar-refractivity contribution in [2.75, 3.05) is 13.1 Å². The van der Waals surface area contributed by atoms with Crippen molar-refractivity contribution in [2.24, 2.45) is 11.8 Å². The van der Waals surface area contributed by atoms with E-state index in [1.165, 1.54) is 38.8 Å². The third-order valence-corrected chi connectivity index (χ3v) is 3.05. The van der Waals surface area contributed by atoms with Crippen molar-refractivity contribution in [3.63, 3.8) is 0 Å². The summed E-state index contributed by atoms with van der Waals surface area (Å²) in [5.41, 5.74) is 0. The van der Waals surface area contributed by atoms with E-state index in [9.17, 15) is 0 Å². The Morgan fingerprint density at radius 3 is 2.00 bits per heavy atom. The van der Waals surface area contributed by atoms with Gasteiger partial charge in [0.25, 0.3) is 0 Å². The second kappa shape index (κ2) is 2.54. The van der Waals surface area contributed by atoms with Gasteiger partial charge >= 0.3 is 0 Å². The lowest BCUT2D eigenvalue weighted by molar-refractivity contribution is 0.299. The molecule has 1 saturated heterocycles. The van der Waals surface area contributed by atoms with Crippen molar-refractivity contribution in [2.45, 2.75) is 25.7 Å². The first-order valence-corrected chi connectivity index (χ1v) is 4.42. The van der Waals surface area contributed by atoms with E-state index in [1.807, 2.05) is 0 Å². The van der Waals surface area contributed by atoms with Gasteiger partial charge in [-0.3, -0.25) is 7.05 Å². The molecule has 1 heteroatoms. The molecule has 0 aromatic rings. The third-order valence-electron chi connectivity index (χ3n) is 3.05. The Labute approximate surface area is 63.4 Å². The molecule has 0 spiro atoms. The van der Waals surface area contributed by atoms with E-state index in [2.05, 4.69) is 11.9 Å². The Balaban J connectivity index is 1.97. The summed E-state index contributed by atoms with van der Waals surface area (Å²) in [6.45, 7) is 2.54. The van der Waals surface area contributed by atoms with Crippen molar-refractivity contribution < 1.29 is 0 Å². The maximum atomic E-state index is 4.00. The van der Waals surface area contributed by atoms with Crippen LogP contribution in [-0.4, -0.2) is 18.0 Å². The van der Waals surface area contributed by atoms with Gasteiger partial charge in [0.15, 0.2) is 0 Å². The molecule has 2 atom stereocenters. The molecule has 1 aliphatic carbocycles. The van der Waals surface area contributed by atoms with E-state index in [4.69, 9.17) is 0 Å². The maximum Gasteiger partial charge on any atom is -0.0271 e. The molecule has 0 bridgehead atoms. The molecule has 0 aromatic heterocycles. The van der Waals surface area contributed by atoms with Crippen molar-refractivity contribution >= 4 is 0 Å². The van der Waals surface area contributed by atoms with Gasteiger partial charge in [-0.2, -0.15) is 0 Å². The Bertz CT molecular complexity index is 108. The van der Waals surface area contributed by atoms with Gasteiger partial charge in [0.05, 0.1) is 0 Å². The average Bonchev–Trinajstić information content (AvgIpc) is 2.27. The van der Waals surface area contributed by atoms with Gasteiger partial charge in [-0.25, -0.2) is 0 Å². The summed E-state index contributed by atoms with van der Waals surface area (Å²) in [5, 5.41) is 0. The molecule has 0 radical (unpaired) electrons.